The Kier molecular flexibility index (Phi) is 7.02. The molecule has 0 spiro atoms. The van der Waals surface area contributed by atoms with Crippen LogP contribution >= 0.6 is 12.4 Å². The van der Waals surface area contributed by atoms with Crippen LogP contribution < -0.4 is 5.73 Å². The summed E-state index contributed by atoms with van der Waals surface area (Å²) in [5, 5.41) is 8.66. The third kappa shape index (κ3) is 4.97. The van der Waals surface area contributed by atoms with Gasteiger partial charge in [0.15, 0.2) is 0 Å². The highest BCUT2D eigenvalue weighted by Gasteiger charge is 1.94. The predicted octanol–water partition coefficient (Wildman–Crippen LogP) is 1.23. The predicted molar refractivity (Wildman–Crippen MR) is 60.2 cm³/mol. The maximum atomic E-state index is 8.66. The maximum Gasteiger partial charge on any atom is 0.0585 e. The molecule has 0 bridgehead atoms. The fourth-order valence-corrected chi connectivity index (χ4v) is 0.928. The van der Waals surface area contributed by atoms with Crippen molar-refractivity contribution in [1.82, 2.24) is 4.98 Å². The molecule has 1 aromatic heterocycles. The third-order valence-corrected chi connectivity index (χ3v) is 1.67. The Labute approximate surface area is 90.1 Å². The van der Waals surface area contributed by atoms with E-state index in [2.05, 4.69) is 4.98 Å². The molecule has 0 saturated carbocycles. The Morgan fingerprint density at radius 3 is 2.93 bits per heavy atom. The molecule has 0 aliphatic carbocycles. The summed E-state index contributed by atoms with van der Waals surface area (Å²) in [7, 11) is 0. The van der Waals surface area contributed by atoms with Gasteiger partial charge < -0.3 is 10.8 Å². The normalized spacial score (nSPS) is 12.4. The van der Waals surface area contributed by atoms with Gasteiger partial charge in [0.05, 0.1) is 6.61 Å². The molecule has 0 aromatic carbocycles. The van der Waals surface area contributed by atoms with Crippen molar-refractivity contribution in [2.75, 3.05) is 6.61 Å². The summed E-state index contributed by atoms with van der Waals surface area (Å²) in [6.45, 7) is 0.0252. The van der Waals surface area contributed by atoms with E-state index >= 15 is 0 Å². The molecule has 0 aliphatic rings. The Bertz CT molecular complexity index is 264. The minimum Gasteiger partial charge on any atom is -0.395 e. The second-order valence-electron chi connectivity index (χ2n) is 2.87. The first-order chi connectivity index (χ1) is 6.33. The van der Waals surface area contributed by atoms with Crippen molar-refractivity contribution in [3.63, 3.8) is 0 Å². The van der Waals surface area contributed by atoms with Crippen LogP contribution in [-0.4, -0.2) is 22.7 Å². The third-order valence-electron chi connectivity index (χ3n) is 1.67. The Balaban J connectivity index is 0.00000169. The molecule has 1 heterocycles. The van der Waals surface area contributed by atoms with Gasteiger partial charge in [0.25, 0.3) is 0 Å². The van der Waals surface area contributed by atoms with E-state index in [0.29, 0.717) is 6.42 Å². The van der Waals surface area contributed by atoms with Crippen LogP contribution in [0.4, 0.5) is 0 Å². The number of rotatable bonds is 4. The monoisotopic (exact) mass is 214 g/mol. The molecule has 0 fully saturated rings. The number of nitrogens with two attached hydrogens (primary N) is 1. The van der Waals surface area contributed by atoms with Gasteiger partial charge in [-0.25, -0.2) is 0 Å². The minimum atomic E-state index is -0.159. The lowest BCUT2D eigenvalue weighted by atomic mass is 10.2. The molecule has 1 rings (SSSR count). The summed E-state index contributed by atoms with van der Waals surface area (Å²) >= 11 is 0. The van der Waals surface area contributed by atoms with E-state index in [0.717, 1.165) is 5.56 Å². The van der Waals surface area contributed by atoms with Crippen LogP contribution in [0, 0.1) is 0 Å². The zero-order chi connectivity index (χ0) is 9.52. The fraction of sp³-hybridized carbons (Fsp3) is 0.300. The Morgan fingerprint density at radius 1 is 1.57 bits per heavy atom. The molecular weight excluding hydrogens is 200 g/mol. The summed E-state index contributed by atoms with van der Waals surface area (Å²) in [5.41, 5.74) is 6.57. The maximum absolute atomic E-state index is 8.66. The van der Waals surface area contributed by atoms with Gasteiger partial charge in [-0.3, -0.25) is 4.98 Å². The lowest BCUT2D eigenvalue weighted by Crippen LogP contribution is -2.22. The molecule has 14 heavy (non-hydrogen) atoms. The fourth-order valence-electron chi connectivity index (χ4n) is 0.928. The molecule has 0 radical (unpaired) electrons. The highest BCUT2D eigenvalue weighted by atomic mass is 35.5. The van der Waals surface area contributed by atoms with E-state index < -0.39 is 0 Å². The van der Waals surface area contributed by atoms with E-state index in [1.54, 1.807) is 12.4 Å². The molecule has 1 aromatic rings. The number of aromatic nitrogens is 1. The summed E-state index contributed by atoms with van der Waals surface area (Å²) in [4.78, 5) is 3.97. The van der Waals surface area contributed by atoms with Crippen molar-refractivity contribution in [2.24, 2.45) is 5.73 Å². The average Bonchev–Trinajstić information content (AvgIpc) is 2.19. The van der Waals surface area contributed by atoms with Crippen molar-refractivity contribution in [1.29, 1.82) is 0 Å². The summed E-state index contributed by atoms with van der Waals surface area (Å²) in [6, 6.07) is 3.69. The largest absolute Gasteiger partial charge is 0.395 e. The zero-order valence-corrected chi connectivity index (χ0v) is 8.65. The number of nitrogens with zero attached hydrogens (tertiary/aromatic N) is 1. The molecule has 0 amide bonds. The van der Waals surface area contributed by atoms with Crippen molar-refractivity contribution < 1.29 is 5.11 Å². The molecule has 1 atom stereocenters. The molecule has 3 nitrogen and oxygen atoms in total. The van der Waals surface area contributed by atoms with Crippen molar-refractivity contribution in [3.05, 3.63) is 36.2 Å². The number of aliphatic hydroxyl groups excluding tert-OH is 1. The first kappa shape index (κ1) is 13.1. The first-order valence-electron chi connectivity index (χ1n) is 4.26. The Morgan fingerprint density at radius 2 is 2.36 bits per heavy atom. The topological polar surface area (TPSA) is 59.1 Å². The Hall–Kier alpha value is -0.900. The van der Waals surface area contributed by atoms with Gasteiger partial charge in [-0.1, -0.05) is 18.2 Å². The molecule has 4 heteroatoms. The standard InChI is InChI=1S/C10H14N2O.ClH/c11-10(8-13)5-1-3-9-4-2-6-12-7-9;/h1-4,6-7,10,13H,5,8,11H2;1H/b3-1+;. The molecule has 0 aliphatic heterocycles. The van der Waals surface area contributed by atoms with Crippen LogP contribution in [0.2, 0.25) is 0 Å². The molecule has 3 N–H and O–H groups in total. The average molecular weight is 215 g/mol. The molecular formula is C10H15ClN2O. The molecule has 1 unspecified atom stereocenters. The highest BCUT2D eigenvalue weighted by Crippen LogP contribution is 2.00. The van der Waals surface area contributed by atoms with Crippen LogP contribution in [0.25, 0.3) is 6.08 Å². The van der Waals surface area contributed by atoms with E-state index in [-0.39, 0.29) is 25.1 Å². The lowest BCUT2D eigenvalue weighted by Gasteiger charge is -2.01. The van der Waals surface area contributed by atoms with Gasteiger partial charge in [0.1, 0.15) is 0 Å². The van der Waals surface area contributed by atoms with Crippen LogP contribution in [0.15, 0.2) is 30.6 Å². The van der Waals surface area contributed by atoms with Crippen LogP contribution in [0.1, 0.15) is 12.0 Å². The second kappa shape index (κ2) is 7.50. The van der Waals surface area contributed by atoms with Crippen molar-refractivity contribution >= 4 is 18.5 Å². The number of pyridine rings is 1. The van der Waals surface area contributed by atoms with E-state index in [1.807, 2.05) is 24.3 Å². The van der Waals surface area contributed by atoms with Crippen LogP contribution in [0.5, 0.6) is 0 Å². The lowest BCUT2D eigenvalue weighted by molar-refractivity contribution is 0.267. The molecule has 78 valence electrons. The van der Waals surface area contributed by atoms with Gasteiger partial charge in [-0.05, 0) is 18.1 Å². The van der Waals surface area contributed by atoms with E-state index in [9.17, 15) is 0 Å². The van der Waals surface area contributed by atoms with Gasteiger partial charge >= 0.3 is 0 Å². The van der Waals surface area contributed by atoms with Gasteiger partial charge in [-0.2, -0.15) is 0 Å². The highest BCUT2D eigenvalue weighted by molar-refractivity contribution is 5.85. The SMILES string of the molecule is Cl.NC(CO)C/C=C/c1cccnc1. The summed E-state index contributed by atoms with van der Waals surface area (Å²) < 4.78 is 0. The van der Waals surface area contributed by atoms with Crippen LogP contribution in [-0.2, 0) is 0 Å². The van der Waals surface area contributed by atoms with Crippen molar-refractivity contribution in [2.45, 2.75) is 12.5 Å². The van der Waals surface area contributed by atoms with Crippen molar-refractivity contribution in [3.8, 4) is 0 Å². The smallest absolute Gasteiger partial charge is 0.0585 e. The quantitative estimate of drug-likeness (QED) is 0.793. The van der Waals surface area contributed by atoms with Crippen LogP contribution in [0.3, 0.4) is 0 Å². The second-order valence-corrected chi connectivity index (χ2v) is 2.87. The number of halogens is 1. The number of hydrogen-bond acceptors (Lipinski definition) is 3. The summed E-state index contributed by atoms with van der Waals surface area (Å²) in [5.74, 6) is 0. The van der Waals surface area contributed by atoms with Gasteiger partial charge in [0.2, 0.25) is 0 Å². The van der Waals surface area contributed by atoms with Gasteiger partial charge in [0, 0.05) is 18.4 Å². The minimum absolute atomic E-state index is 0. The zero-order valence-electron chi connectivity index (χ0n) is 7.84. The molecule has 0 saturated heterocycles. The van der Waals surface area contributed by atoms with Gasteiger partial charge in [-0.15, -0.1) is 12.4 Å². The summed E-state index contributed by atoms with van der Waals surface area (Å²) in [6.07, 6.45) is 8.09. The van der Waals surface area contributed by atoms with E-state index in [1.165, 1.54) is 0 Å². The number of aliphatic hydroxyl groups is 1. The number of hydrogen-bond donors (Lipinski definition) is 2. The van der Waals surface area contributed by atoms with E-state index in [4.69, 9.17) is 10.8 Å². The first-order valence-corrected chi connectivity index (χ1v) is 4.26.